The summed E-state index contributed by atoms with van der Waals surface area (Å²) >= 11 is 4.91. The normalized spacial score (nSPS) is 19.0. The average molecular weight is 318 g/mol. The second-order valence-corrected chi connectivity index (χ2v) is 5.59. The van der Waals surface area contributed by atoms with Crippen molar-refractivity contribution in [2.75, 3.05) is 31.7 Å². The molecule has 2 N–H and O–H groups in total. The Hall–Kier alpha value is -1.34. The van der Waals surface area contributed by atoms with Gasteiger partial charge in [0.05, 0.1) is 12.2 Å². The van der Waals surface area contributed by atoms with Crippen LogP contribution < -0.4 is 10.6 Å². The number of anilines is 1. The number of hydrogen-bond donors (Lipinski definition) is 1. The van der Waals surface area contributed by atoms with Gasteiger partial charge in [-0.25, -0.2) is 0 Å². The Balaban J connectivity index is 2.30. The maximum Gasteiger partial charge on any atom is 0.416 e. The van der Waals surface area contributed by atoms with E-state index >= 15 is 0 Å². The van der Waals surface area contributed by atoms with Crippen LogP contribution in [0.4, 0.5) is 18.9 Å². The van der Waals surface area contributed by atoms with Crippen LogP contribution in [-0.2, 0) is 10.9 Å². The SMILES string of the molecule is COCC1CCN(c2ccc(C(F)(F)F)cc2C(N)=S)C1. The third kappa shape index (κ3) is 3.65. The van der Waals surface area contributed by atoms with E-state index in [1.54, 1.807) is 7.11 Å². The fourth-order valence-corrected chi connectivity index (χ4v) is 2.77. The average Bonchev–Trinajstić information content (AvgIpc) is 2.86. The van der Waals surface area contributed by atoms with Gasteiger partial charge >= 0.3 is 6.18 Å². The molecule has 0 amide bonds. The van der Waals surface area contributed by atoms with Gasteiger partial charge < -0.3 is 15.4 Å². The van der Waals surface area contributed by atoms with Crippen LogP contribution in [0.15, 0.2) is 18.2 Å². The van der Waals surface area contributed by atoms with Crippen molar-refractivity contribution in [3.63, 3.8) is 0 Å². The monoisotopic (exact) mass is 318 g/mol. The van der Waals surface area contributed by atoms with Gasteiger partial charge in [0.25, 0.3) is 0 Å². The molecule has 1 unspecified atom stereocenters. The fraction of sp³-hybridized carbons (Fsp3) is 0.500. The quantitative estimate of drug-likeness (QED) is 0.867. The number of halogens is 3. The Kier molecular flexibility index (Phi) is 4.73. The van der Waals surface area contributed by atoms with Gasteiger partial charge in [0.1, 0.15) is 4.99 Å². The van der Waals surface area contributed by atoms with Gasteiger partial charge in [-0.1, -0.05) is 12.2 Å². The minimum Gasteiger partial charge on any atom is -0.389 e. The van der Waals surface area contributed by atoms with E-state index in [2.05, 4.69) is 0 Å². The molecule has 3 nitrogen and oxygen atoms in total. The molecular weight excluding hydrogens is 301 g/mol. The Morgan fingerprint density at radius 1 is 1.48 bits per heavy atom. The summed E-state index contributed by atoms with van der Waals surface area (Å²) in [6.07, 6.45) is -3.46. The maximum atomic E-state index is 12.8. The van der Waals surface area contributed by atoms with Crippen molar-refractivity contribution in [3.8, 4) is 0 Å². The van der Waals surface area contributed by atoms with Crippen molar-refractivity contribution >= 4 is 22.9 Å². The molecule has 7 heteroatoms. The van der Waals surface area contributed by atoms with Crippen LogP contribution in [0.3, 0.4) is 0 Å². The van der Waals surface area contributed by atoms with E-state index in [0.29, 0.717) is 18.2 Å². The van der Waals surface area contributed by atoms with Crippen LogP contribution in [0.1, 0.15) is 17.5 Å². The number of thiocarbonyl (C=S) groups is 1. The first-order valence-corrected chi connectivity index (χ1v) is 6.98. The molecule has 1 atom stereocenters. The largest absolute Gasteiger partial charge is 0.416 e. The van der Waals surface area contributed by atoms with Crippen LogP contribution in [0, 0.1) is 5.92 Å². The van der Waals surface area contributed by atoms with E-state index < -0.39 is 11.7 Å². The predicted molar refractivity (Wildman–Crippen MR) is 79.5 cm³/mol. The van der Waals surface area contributed by atoms with E-state index in [4.69, 9.17) is 22.7 Å². The van der Waals surface area contributed by atoms with E-state index in [9.17, 15) is 13.2 Å². The van der Waals surface area contributed by atoms with Crippen molar-refractivity contribution in [1.82, 2.24) is 0 Å². The molecule has 1 saturated heterocycles. The summed E-state index contributed by atoms with van der Waals surface area (Å²) in [5, 5.41) is 0. The molecule has 0 aromatic heterocycles. The van der Waals surface area contributed by atoms with Crippen molar-refractivity contribution in [2.45, 2.75) is 12.6 Å². The zero-order valence-electron chi connectivity index (χ0n) is 11.6. The summed E-state index contributed by atoms with van der Waals surface area (Å²) in [4.78, 5) is 1.99. The van der Waals surface area contributed by atoms with Crippen LogP contribution in [-0.4, -0.2) is 31.8 Å². The Morgan fingerprint density at radius 2 is 2.19 bits per heavy atom. The van der Waals surface area contributed by atoms with Gasteiger partial charge in [-0.2, -0.15) is 13.2 Å². The minimum absolute atomic E-state index is 0.0220. The molecule has 2 rings (SSSR count). The molecule has 1 fully saturated rings. The van der Waals surface area contributed by atoms with Crippen molar-refractivity contribution in [2.24, 2.45) is 11.7 Å². The summed E-state index contributed by atoms with van der Waals surface area (Å²) in [5.74, 6) is 0.372. The van der Waals surface area contributed by atoms with E-state index in [1.807, 2.05) is 4.90 Å². The van der Waals surface area contributed by atoms with Gasteiger partial charge in [0, 0.05) is 37.4 Å². The third-order valence-corrected chi connectivity index (χ3v) is 3.84. The molecule has 1 heterocycles. The number of hydrogen-bond acceptors (Lipinski definition) is 3. The Morgan fingerprint density at radius 3 is 2.76 bits per heavy atom. The van der Waals surface area contributed by atoms with E-state index in [1.165, 1.54) is 6.07 Å². The van der Waals surface area contributed by atoms with Crippen molar-refractivity contribution in [3.05, 3.63) is 29.3 Å². The molecule has 0 saturated carbocycles. The molecule has 116 valence electrons. The second-order valence-electron chi connectivity index (χ2n) is 5.15. The van der Waals surface area contributed by atoms with Gasteiger partial charge in [-0.3, -0.25) is 0 Å². The highest BCUT2D eigenvalue weighted by Crippen LogP contribution is 2.34. The minimum atomic E-state index is -4.40. The topological polar surface area (TPSA) is 38.5 Å². The second kappa shape index (κ2) is 6.19. The first kappa shape index (κ1) is 16.0. The summed E-state index contributed by atoms with van der Waals surface area (Å²) < 4.78 is 43.5. The van der Waals surface area contributed by atoms with Gasteiger partial charge in [-0.05, 0) is 24.6 Å². The van der Waals surface area contributed by atoms with E-state index in [0.717, 1.165) is 31.6 Å². The van der Waals surface area contributed by atoms with Gasteiger partial charge in [0.2, 0.25) is 0 Å². The molecule has 1 aliphatic rings. The number of alkyl halides is 3. The molecule has 0 aliphatic carbocycles. The predicted octanol–water partition coefficient (Wildman–Crippen LogP) is 2.81. The molecule has 1 aliphatic heterocycles. The summed E-state index contributed by atoms with van der Waals surface area (Å²) in [5.41, 5.74) is 5.80. The fourth-order valence-electron chi connectivity index (χ4n) is 2.61. The number of rotatable bonds is 4. The van der Waals surface area contributed by atoms with Crippen LogP contribution >= 0.6 is 12.2 Å². The molecule has 0 spiro atoms. The van der Waals surface area contributed by atoms with Crippen LogP contribution in [0.25, 0.3) is 0 Å². The highest BCUT2D eigenvalue weighted by molar-refractivity contribution is 7.80. The number of nitrogens with zero attached hydrogens (tertiary/aromatic N) is 1. The lowest BCUT2D eigenvalue weighted by molar-refractivity contribution is -0.137. The zero-order chi connectivity index (χ0) is 15.6. The lowest BCUT2D eigenvalue weighted by Gasteiger charge is -2.23. The Bertz CT molecular complexity index is 533. The molecule has 1 aromatic carbocycles. The summed E-state index contributed by atoms with van der Waals surface area (Å²) in [7, 11) is 1.64. The third-order valence-electron chi connectivity index (χ3n) is 3.62. The highest BCUT2D eigenvalue weighted by Gasteiger charge is 2.32. The molecule has 0 radical (unpaired) electrons. The van der Waals surface area contributed by atoms with Crippen LogP contribution in [0.2, 0.25) is 0 Å². The van der Waals surface area contributed by atoms with E-state index in [-0.39, 0.29) is 10.6 Å². The smallest absolute Gasteiger partial charge is 0.389 e. The van der Waals surface area contributed by atoms with Gasteiger partial charge in [-0.15, -0.1) is 0 Å². The first-order valence-electron chi connectivity index (χ1n) is 6.58. The molecule has 21 heavy (non-hydrogen) atoms. The molecule has 1 aromatic rings. The highest BCUT2D eigenvalue weighted by atomic mass is 32.1. The lowest BCUT2D eigenvalue weighted by atomic mass is 10.1. The number of ether oxygens (including phenoxy) is 1. The summed E-state index contributed by atoms with van der Waals surface area (Å²) in [6, 6.07) is 3.55. The molecular formula is C14H17F3N2OS. The van der Waals surface area contributed by atoms with Crippen LogP contribution in [0.5, 0.6) is 0 Å². The zero-order valence-corrected chi connectivity index (χ0v) is 12.4. The molecule has 0 bridgehead atoms. The number of nitrogens with two attached hydrogens (primary N) is 1. The van der Waals surface area contributed by atoms with Crippen molar-refractivity contribution in [1.29, 1.82) is 0 Å². The Labute approximate surface area is 126 Å². The number of methoxy groups -OCH3 is 1. The van der Waals surface area contributed by atoms with Crippen molar-refractivity contribution < 1.29 is 17.9 Å². The number of benzene rings is 1. The standard InChI is InChI=1S/C14H17F3N2OS/c1-20-8-9-4-5-19(7-9)12-3-2-10(14(15,16)17)6-11(12)13(18)21/h2-3,6,9H,4-5,7-8H2,1H3,(H2,18,21). The first-order chi connectivity index (χ1) is 9.82. The van der Waals surface area contributed by atoms with Gasteiger partial charge in [0.15, 0.2) is 0 Å². The summed E-state index contributed by atoms with van der Waals surface area (Å²) in [6.45, 7) is 2.13. The maximum absolute atomic E-state index is 12.8. The lowest BCUT2D eigenvalue weighted by Crippen LogP contribution is -2.25.